The molecule has 0 unspecified atom stereocenters. The Kier molecular flexibility index (Phi) is 4.21. The highest BCUT2D eigenvalue weighted by Gasteiger charge is 2.04. The van der Waals surface area contributed by atoms with E-state index in [1.807, 2.05) is 11.4 Å². The van der Waals surface area contributed by atoms with Crippen molar-refractivity contribution in [1.29, 1.82) is 0 Å². The largest absolute Gasteiger partial charge is 0.310 e. The molecule has 1 N–H and O–H groups in total. The van der Waals surface area contributed by atoms with Crippen molar-refractivity contribution in [3.8, 4) is 10.4 Å². The van der Waals surface area contributed by atoms with Gasteiger partial charge in [0.25, 0.3) is 0 Å². The van der Waals surface area contributed by atoms with Crippen molar-refractivity contribution in [2.45, 2.75) is 26.4 Å². The van der Waals surface area contributed by atoms with E-state index in [4.69, 9.17) is 11.6 Å². The Morgan fingerprint density at radius 3 is 2.41 bits per heavy atom. The van der Waals surface area contributed by atoms with Gasteiger partial charge in [0.2, 0.25) is 0 Å². The van der Waals surface area contributed by atoms with Gasteiger partial charge in [0.1, 0.15) is 0 Å². The molecular formula is C14H16ClNS. The molecule has 0 bridgehead atoms. The van der Waals surface area contributed by atoms with Crippen LogP contribution in [0.5, 0.6) is 0 Å². The first-order valence-electron chi connectivity index (χ1n) is 5.72. The highest BCUT2D eigenvalue weighted by atomic mass is 35.5. The Morgan fingerprint density at radius 1 is 1.18 bits per heavy atom. The van der Waals surface area contributed by atoms with Crippen LogP contribution in [0.2, 0.25) is 5.02 Å². The third kappa shape index (κ3) is 3.32. The number of benzene rings is 1. The van der Waals surface area contributed by atoms with Crippen LogP contribution >= 0.6 is 22.9 Å². The summed E-state index contributed by atoms with van der Waals surface area (Å²) in [6.07, 6.45) is 0. The Hall–Kier alpha value is -0.830. The second-order valence-corrected chi connectivity index (χ2v) is 5.65. The van der Waals surface area contributed by atoms with E-state index in [1.165, 1.54) is 11.1 Å². The fraction of sp³-hybridized carbons (Fsp3) is 0.286. The Bertz CT molecular complexity index is 473. The van der Waals surface area contributed by atoms with Crippen molar-refractivity contribution in [3.05, 3.63) is 46.3 Å². The minimum atomic E-state index is 0.515. The molecule has 0 radical (unpaired) electrons. The third-order valence-electron chi connectivity index (χ3n) is 2.55. The van der Waals surface area contributed by atoms with E-state index in [2.05, 4.69) is 43.4 Å². The van der Waals surface area contributed by atoms with Gasteiger partial charge in [-0.05, 0) is 22.6 Å². The fourth-order valence-corrected chi connectivity index (χ4v) is 2.77. The number of thiophene rings is 1. The van der Waals surface area contributed by atoms with Crippen LogP contribution in [-0.4, -0.2) is 6.04 Å². The van der Waals surface area contributed by atoms with E-state index in [0.29, 0.717) is 6.04 Å². The lowest BCUT2D eigenvalue weighted by molar-refractivity contribution is 0.589. The van der Waals surface area contributed by atoms with Gasteiger partial charge in [-0.25, -0.2) is 0 Å². The highest BCUT2D eigenvalue weighted by Crippen LogP contribution is 2.33. The molecule has 0 aliphatic heterocycles. The summed E-state index contributed by atoms with van der Waals surface area (Å²) in [5.74, 6) is 0. The lowest BCUT2D eigenvalue weighted by Crippen LogP contribution is -2.21. The van der Waals surface area contributed by atoms with Crippen molar-refractivity contribution in [1.82, 2.24) is 5.32 Å². The summed E-state index contributed by atoms with van der Waals surface area (Å²) in [4.78, 5) is 1.15. The van der Waals surface area contributed by atoms with Crippen LogP contribution in [0.25, 0.3) is 10.4 Å². The maximum Gasteiger partial charge on any atom is 0.0592 e. The molecule has 0 spiro atoms. The van der Waals surface area contributed by atoms with Gasteiger partial charge < -0.3 is 5.32 Å². The predicted octanol–water partition coefficient (Wildman–Crippen LogP) is 4.57. The van der Waals surface area contributed by atoms with Crippen molar-refractivity contribution < 1.29 is 0 Å². The first-order chi connectivity index (χ1) is 8.16. The molecule has 0 aliphatic carbocycles. The molecule has 90 valence electrons. The molecule has 2 aromatic rings. The summed E-state index contributed by atoms with van der Waals surface area (Å²) < 4.78 is 0. The molecule has 1 aromatic heterocycles. The summed E-state index contributed by atoms with van der Waals surface area (Å²) in [7, 11) is 0. The Balaban J connectivity index is 2.11. The van der Waals surface area contributed by atoms with Gasteiger partial charge in [-0.2, -0.15) is 0 Å². The van der Waals surface area contributed by atoms with Crippen LogP contribution in [-0.2, 0) is 6.54 Å². The van der Waals surface area contributed by atoms with Crippen LogP contribution < -0.4 is 5.32 Å². The second-order valence-electron chi connectivity index (χ2n) is 4.33. The molecule has 0 fully saturated rings. The normalized spacial score (nSPS) is 11.1. The zero-order valence-electron chi connectivity index (χ0n) is 10.0. The predicted molar refractivity (Wildman–Crippen MR) is 76.7 cm³/mol. The molecule has 0 saturated carbocycles. The molecule has 0 atom stereocenters. The van der Waals surface area contributed by atoms with E-state index in [-0.39, 0.29) is 0 Å². The van der Waals surface area contributed by atoms with Crippen molar-refractivity contribution >= 4 is 22.9 Å². The molecule has 17 heavy (non-hydrogen) atoms. The topological polar surface area (TPSA) is 12.0 Å². The van der Waals surface area contributed by atoms with Crippen LogP contribution in [0.4, 0.5) is 0 Å². The van der Waals surface area contributed by atoms with E-state index in [0.717, 1.165) is 16.4 Å². The van der Waals surface area contributed by atoms with Gasteiger partial charge in [0.05, 0.1) is 9.90 Å². The van der Waals surface area contributed by atoms with Crippen molar-refractivity contribution in [2.24, 2.45) is 0 Å². The van der Waals surface area contributed by atoms with Crippen LogP contribution in [0.15, 0.2) is 35.7 Å². The standard InChI is InChI=1S/C14H16ClNS/c1-10(2)16-9-11-3-5-12(6-4-11)14-13(15)7-8-17-14/h3-8,10,16H,9H2,1-2H3. The van der Waals surface area contributed by atoms with E-state index < -0.39 is 0 Å². The zero-order chi connectivity index (χ0) is 12.3. The van der Waals surface area contributed by atoms with Gasteiger partial charge in [-0.1, -0.05) is 49.7 Å². The number of hydrogen-bond acceptors (Lipinski definition) is 2. The third-order valence-corrected chi connectivity index (χ3v) is 3.94. The highest BCUT2D eigenvalue weighted by molar-refractivity contribution is 7.14. The average Bonchev–Trinajstić information content (AvgIpc) is 2.73. The molecule has 1 nitrogen and oxygen atoms in total. The van der Waals surface area contributed by atoms with Gasteiger partial charge in [-0.15, -0.1) is 11.3 Å². The van der Waals surface area contributed by atoms with E-state index in [9.17, 15) is 0 Å². The first-order valence-corrected chi connectivity index (χ1v) is 6.98. The molecular weight excluding hydrogens is 250 g/mol. The maximum atomic E-state index is 6.11. The van der Waals surface area contributed by atoms with Gasteiger partial charge in [0.15, 0.2) is 0 Å². The quantitative estimate of drug-likeness (QED) is 0.854. The molecule has 0 amide bonds. The van der Waals surface area contributed by atoms with E-state index >= 15 is 0 Å². The molecule has 1 heterocycles. The summed E-state index contributed by atoms with van der Waals surface area (Å²) in [5.41, 5.74) is 2.49. The van der Waals surface area contributed by atoms with Crippen LogP contribution in [0, 0.1) is 0 Å². The Labute approximate surface area is 111 Å². The lowest BCUT2D eigenvalue weighted by Gasteiger charge is -2.08. The van der Waals surface area contributed by atoms with Crippen LogP contribution in [0.1, 0.15) is 19.4 Å². The van der Waals surface area contributed by atoms with Crippen molar-refractivity contribution in [3.63, 3.8) is 0 Å². The average molecular weight is 266 g/mol. The minimum Gasteiger partial charge on any atom is -0.310 e. The summed E-state index contributed by atoms with van der Waals surface area (Å²) in [5, 5.41) is 6.26. The number of halogens is 1. The zero-order valence-corrected chi connectivity index (χ0v) is 11.6. The number of rotatable bonds is 4. The molecule has 1 aromatic carbocycles. The van der Waals surface area contributed by atoms with E-state index in [1.54, 1.807) is 11.3 Å². The number of hydrogen-bond donors (Lipinski definition) is 1. The van der Waals surface area contributed by atoms with Crippen LogP contribution in [0.3, 0.4) is 0 Å². The molecule has 2 rings (SSSR count). The SMILES string of the molecule is CC(C)NCc1ccc(-c2sccc2Cl)cc1. The number of nitrogens with one attached hydrogen (secondary N) is 1. The first kappa shape index (κ1) is 12.6. The molecule has 3 heteroatoms. The molecule has 0 aliphatic rings. The van der Waals surface area contributed by atoms with Gasteiger partial charge in [0, 0.05) is 12.6 Å². The van der Waals surface area contributed by atoms with Gasteiger partial charge in [-0.3, -0.25) is 0 Å². The monoisotopic (exact) mass is 265 g/mol. The summed E-state index contributed by atoms with van der Waals surface area (Å²) >= 11 is 7.79. The van der Waals surface area contributed by atoms with Gasteiger partial charge >= 0.3 is 0 Å². The summed E-state index contributed by atoms with van der Waals surface area (Å²) in [6.45, 7) is 5.22. The fourth-order valence-electron chi connectivity index (χ4n) is 1.60. The smallest absolute Gasteiger partial charge is 0.0592 e. The lowest BCUT2D eigenvalue weighted by atomic mass is 10.1. The minimum absolute atomic E-state index is 0.515. The second kappa shape index (κ2) is 5.67. The maximum absolute atomic E-state index is 6.11. The summed E-state index contributed by atoms with van der Waals surface area (Å²) in [6, 6.07) is 11.0. The Morgan fingerprint density at radius 2 is 1.88 bits per heavy atom. The van der Waals surface area contributed by atoms with Crippen molar-refractivity contribution in [2.75, 3.05) is 0 Å². The molecule has 0 saturated heterocycles.